The summed E-state index contributed by atoms with van der Waals surface area (Å²) >= 11 is 0. The van der Waals surface area contributed by atoms with Crippen molar-refractivity contribution in [2.24, 2.45) is 5.73 Å². The molecule has 2 aliphatic heterocycles. The van der Waals surface area contributed by atoms with Crippen molar-refractivity contribution in [3.63, 3.8) is 0 Å². The maximum Gasteiger partial charge on any atom is 0.430 e. The Morgan fingerprint density at radius 3 is 2.20 bits per heavy atom. The molecule has 0 aromatic heterocycles. The van der Waals surface area contributed by atoms with E-state index in [4.69, 9.17) is 25.1 Å². The summed E-state index contributed by atoms with van der Waals surface area (Å²) in [6.45, 7) is 1.95. The third kappa shape index (κ3) is 12.6. The number of nitrogens with zero attached hydrogens (tertiary/aromatic N) is 2. The number of nitrogens with one attached hydrogen (secondary N) is 1. The van der Waals surface area contributed by atoms with Gasteiger partial charge in [-0.2, -0.15) is 34.8 Å². The average molecular weight is 807 g/mol. The number of anilines is 1. The SMILES string of the molecule is C[N+]1(Cc2ccc3c(c2)OCO3)CCC[C@H](N(C(=O)Nc2ccc(OS(=O)(=O)CC(F)(F)F)cc2)C(=O)[C@@H](N)Cc2ccc(O)cc2)C1.O=C([O-])C(F)(F)F. The number of urea groups is 1. The lowest BCUT2D eigenvalue weighted by Crippen LogP contribution is -2.62. The molecule has 5 rings (SSSR count). The van der Waals surface area contributed by atoms with Crippen molar-refractivity contribution in [2.75, 3.05) is 38.0 Å². The van der Waals surface area contributed by atoms with E-state index >= 15 is 0 Å². The van der Waals surface area contributed by atoms with Gasteiger partial charge < -0.3 is 44.2 Å². The number of fused-ring (bicyclic) bond motifs is 1. The van der Waals surface area contributed by atoms with Gasteiger partial charge in [-0.3, -0.25) is 9.69 Å². The highest BCUT2D eigenvalue weighted by atomic mass is 32.2. The van der Waals surface area contributed by atoms with Crippen LogP contribution in [0.5, 0.6) is 23.0 Å². The van der Waals surface area contributed by atoms with Gasteiger partial charge >= 0.3 is 28.5 Å². The van der Waals surface area contributed by atoms with E-state index < -0.39 is 58.2 Å². The number of nitrogens with two attached hydrogens (primary N) is 1. The van der Waals surface area contributed by atoms with Crippen LogP contribution in [0.3, 0.4) is 0 Å². The van der Waals surface area contributed by atoms with Crippen LogP contribution in [-0.2, 0) is 32.7 Å². The highest BCUT2D eigenvalue weighted by Crippen LogP contribution is 2.34. The van der Waals surface area contributed by atoms with E-state index in [2.05, 4.69) is 9.50 Å². The first kappa shape index (κ1) is 42.5. The molecule has 0 aliphatic carbocycles. The number of benzene rings is 3. The Balaban J connectivity index is 0.000000876. The number of ether oxygens (including phenoxy) is 2. The number of aromatic hydroxyl groups is 1. The molecule has 4 N–H and O–H groups in total. The summed E-state index contributed by atoms with van der Waals surface area (Å²) in [5.41, 5.74) is 8.18. The summed E-state index contributed by atoms with van der Waals surface area (Å²) in [6.07, 6.45) is -8.86. The van der Waals surface area contributed by atoms with Gasteiger partial charge in [0.15, 0.2) is 17.3 Å². The molecule has 14 nitrogen and oxygen atoms in total. The Morgan fingerprint density at radius 2 is 1.60 bits per heavy atom. The predicted molar refractivity (Wildman–Crippen MR) is 179 cm³/mol. The van der Waals surface area contributed by atoms with Crippen LogP contribution < -0.4 is 29.8 Å². The molecule has 2 heterocycles. The highest BCUT2D eigenvalue weighted by Gasteiger charge is 2.41. The van der Waals surface area contributed by atoms with E-state index in [1.54, 1.807) is 12.1 Å². The number of phenolic OH excluding ortho intramolecular Hbond substituents is 1. The van der Waals surface area contributed by atoms with Crippen molar-refractivity contribution in [3.8, 4) is 23.0 Å². The highest BCUT2D eigenvalue weighted by molar-refractivity contribution is 7.87. The van der Waals surface area contributed by atoms with Gasteiger partial charge in [0.05, 0.1) is 25.7 Å². The van der Waals surface area contributed by atoms with Crippen LogP contribution in [0.15, 0.2) is 66.7 Å². The maximum absolute atomic E-state index is 13.9. The summed E-state index contributed by atoms with van der Waals surface area (Å²) in [5, 5.41) is 21.1. The number of rotatable bonds is 10. The molecule has 1 saturated heterocycles. The summed E-state index contributed by atoms with van der Waals surface area (Å²) in [5.74, 6) is -4.81. The fourth-order valence-electron chi connectivity index (χ4n) is 5.99. The number of hydrogen-bond donors (Lipinski definition) is 3. The van der Waals surface area contributed by atoms with Crippen molar-refractivity contribution >= 4 is 33.7 Å². The Bertz CT molecular complexity index is 1950. The number of aliphatic carboxylic acids is 1. The van der Waals surface area contributed by atoms with Gasteiger partial charge in [-0.15, -0.1) is 0 Å². The van der Waals surface area contributed by atoms with Gasteiger partial charge in [0, 0.05) is 11.3 Å². The molecule has 0 spiro atoms. The topological polar surface area (TPSA) is 198 Å². The number of alkyl halides is 6. The van der Waals surface area contributed by atoms with Crippen LogP contribution in [0.1, 0.15) is 24.0 Å². The molecule has 21 heteroatoms. The third-order valence-corrected chi connectivity index (χ3v) is 9.45. The summed E-state index contributed by atoms with van der Waals surface area (Å²) in [7, 11) is -2.91. The standard InChI is InChI=1S/C32H35F3N4O8S.C2HF3O2/c1-39(17-22-6-13-28-29(16-22)46-20-45-28)14-2-3-24(18-39)38(30(41)27(36)15-21-4-9-25(40)10-5-21)31(42)37-23-7-11-26(12-8-23)47-48(43,44)19-32(33,34)35;3-2(4,5)1(6)7/h4-13,16,24,27H,2-3,14-15,17-20,36H2,1H3,(H-,37,40,42);(H,6,7)/t24-,27-,39?;/m0./s1. The van der Waals surface area contributed by atoms with Crippen LogP contribution in [0, 0.1) is 0 Å². The molecule has 0 radical (unpaired) electrons. The van der Waals surface area contributed by atoms with Crippen molar-refractivity contribution in [3.05, 3.63) is 77.9 Å². The summed E-state index contributed by atoms with van der Waals surface area (Å²) in [4.78, 5) is 37.7. The molecular weight excluding hydrogens is 770 g/mol. The second-order valence-electron chi connectivity index (χ2n) is 13.0. The number of carbonyl (C=O) groups excluding carboxylic acids is 3. The fraction of sp³-hybridized carbons (Fsp3) is 0.382. The quantitative estimate of drug-likeness (QED) is 0.154. The van der Waals surface area contributed by atoms with Crippen molar-refractivity contribution < 1.29 is 77.5 Å². The molecule has 3 aromatic carbocycles. The lowest BCUT2D eigenvalue weighted by Gasteiger charge is -2.44. The lowest BCUT2D eigenvalue weighted by molar-refractivity contribution is -0.928. The van der Waals surface area contributed by atoms with Gasteiger partial charge in [-0.25, -0.2) is 4.79 Å². The monoisotopic (exact) mass is 806 g/mol. The Morgan fingerprint density at radius 1 is 1.00 bits per heavy atom. The normalized spacial score (nSPS) is 18.7. The molecule has 3 atom stereocenters. The van der Waals surface area contributed by atoms with Crippen molar-refractivity contribution in [1.82, 2.24) is 4.90 Å². The Kier molecular flexibility index (Phi) is 13.1. The molecule has 0 bridgehead atoms. The van der Waals surface area contributed by atoms with E-state index in [1.165, 1.54) is 24.3 Å². The molecule has 2 aliphatic rings. The number of piperidine rings is 1. The number of imide groups is 1. The van der Waals surface area contributed by atoms with Gasteiger partial charge in [0.1, 0.15) is 30.6 Å². The molecule has 3 amide bonds. The number of likely N-dealkylation sites (N-methyl/N-ethyl adjacent to an activating group) is 1. The first-order valence-electron chi connectivity index (χ1n) is 16.3. The Labute approximate surface area is 310 Å². The maximum atomic E-state index is 13.9. The van der Waals surface area contributed by atoms with Crippen LogP contribution in [0.2, 0.25) is 0 Å². The van der Waals surface area contributed by atoms with Crippen LogP contribution >= 0.6 is 0 Å². The van der Waals surface area contributed by atoms with Crippen molar-refractivity contribution in [1.29, 1.82) is 0 Å². The van der Waals surface area contributed by atoms with Gasteiger partial charge in [-0.1, -0.05) is 12.1 Å². The number of carboxylic acid groups (broad SMARTS) is 1. The predicted octanol–water partition coefficient (Wildman–Crippen LogP) is 3.43. The van der Waals surface area contributed by atoms with E-state index in [9.17, 15) is 49.5 Å². The number of likely N-dealkylation sites (tertiary alicyclic amines) is 1. The van der Waals surface area contributed by atoms with Crippen LogP contribution in [0.25, 0.3) is 0 Å². The fourth-order valence-corrected chi connectivity index (χ4v) is 6.85. The zero-order valence-corrected chi connectivity index (χ0v) is 29.7. The van der Waals surface area contributed by atoms with E-state index in [-0.39, 0.29) is 30.4 Å². The summed E-state index contributed by atoms with van der Waals surface area (Å²) < 4.78 is 109. The number of carboxylic acids is 1. The number of quaternary nitrogens is 1. The Hall–Kier alpha value is -5.28. The summed E-state index contributed by atoms with van der Waals surface area (Å²) in [6, 6.07) is 14.2. The van der Waals surface area contributed by atoms with Gasteiger partial charge in [0.2, 0.25) is 12.7 Å². The van der Waals surface area contributed by atoms with Crippen LogP contribution in [0.4, 0.5) is 36.8 Å². The molecule has 0 saturated carbocycles. The molecular formula is C34H36F6N4O10S. The van der Waals surface area contributed by atoms with E-state index in [1.807, 2.05) is 25.2 Å². The minimum absolute atomic E-state index is 0.0516. The van der Waals surface area contributed by atoms with Crippen LogP contribution in [-0.4, -0.2) is 97.9 Å². The number of hydrogen-bond acceptors (Lipinski definition) is 11. The molecule has 1 unspecified atom stereocenters. The molecule has 55 heavy (non-hydrogen) atoms. The number of amides is 3. The third-order valence-electron chi connectivity index (χ3n) is 8.32. The minimum Gasteiger partial charge on any atom is -0.542 e. The second kappa shape index (κ2) is 17.0. The molecule has 3 aromatic rings. The number of carbonyl (C=O) groups is 3. The second-order valence-corrected chi connectivity index (χ2v) is 14.6. The van der Waals surface area contributed by atoms with Crippen molar-refractivity contribution in [2.45, 2.75) is 50.2 Å². The first-order chi connectivity index (χ1) is 25.5. The minimum atomic E-state index is -5.19. The molecule has 1 fully saturated rings. The zero-order chi connectivity index (χ0) is 40.8. The number of phenols is 1. The van der Waals surface area contributed by atoms with E-state index in [0.717, 1.165) is 29.1 Å². The largest absolute Gasteiger partial charge is 0.542 e. The number of halogens is 6. The lowest BCUT2D eigenvalue weighted by atomic mass is 9.98. The zero-order valence-electron chi connectivity index (χ0n) is 28.9. The van der Waals surface area contributed by atoms with E-state index in [0.29, 0.717) is 47.5 Å². The average Bonchev–Trinajstić information content (AvgIpc) is 3.53. The molecule has 300 valence electrons. The van der Waals surface area contributed by atoms with Gasteiger partial charge in [0.25, 0.3) is 0 Å². The van der Waals surface area contributed by atoms with Gasteiger partial charge in [-0.05, 0) is 79.4 Å². The first-order valence-corrected chi connectivity index (χ1v) is 17.9. The smallest absolute Gasteiger partial charge is 0.430 e.